The topological polar surface area (TPSA) is 47.0 Å². The summed E-state index contributed by atoms with van der Waals surface area (Å²) in [7, 11) is 0. The van der Waals surface area contributed by atoms with E-state index in [9.17, 15) is 4.79 Å². The lowest BCUT2D eigenvalue weighted by Crippen LogP contribution is -2.34. The zero-order chi connectivity index (χ0) is 15.2. The highest BCUT2D eigenvalue weighted by Crippen LogP contribution is 2.38. The molecular weight excluding hydrogens is 304 g/mol. The minimum Gasteiger partial charge on any atom is -0.369 e. The number of aromatic nitrogens is 2. The normalized spacial score (nSPS) is 21.4. The van der Waals surface area contributed by atoms with Gasteiger partial charge >= 0.3 is 0 Å². The van der Waals surface area contributed by atoms with Crippen molar-refractivity contribution >= 4 is 33.8 Å². The maximum atomic E-state index is 12.8. The third kappa shape index (κ3) is 2.31. The Morgan fingerprint density at radius 1 is 1.62 bits per heavy atom. The minimum absolute atomic E-state index is 0.0218. The van der Waals surface area contributed by atoms with Crippen LogP contribution in [0.5, 0.6) is 0 Å². The highest BCUT2D eigenvalue weighted by molar-refractivity contribution is 7.71. The first-order valence-electron chi connectivity index (χ1n) is 7.01. The fraction of sp³-hybridized carbons (Fsp3) is 0.467. The van der Waals surface area contributed by atoms with Gasteiger partial charge in [-0.25, -0.2) is 0 Å². The molecular formula is C15H18N2O2S2. The van der Waals surface area contributed by atoms with Gasteiger partial charge in [0.1, 0.15) is 4.83 Å². The molecule has 0 spiro atoms. The van der Waals surface area contributed by atoms with Gasteiger partial charge in [-0.3, -0.25) is 9.36 Å². The second-order valence-electron chi connectivity index (χ2n) is 5.61. The van der Waals surface area contributed by atoms with Crippen LogP contribution in [-0.4, -0.2) is 15.2 Å². The Labute approximate surface area is 132 Å². The van der Waals surface area contributed by atoms with E-state index in [1.807, 2.05) is 0 Å². The first-order chi connectivity index (χ1) is 9.99. The summed E-state index contributed by atoms with van der Waals surface area (Å²) in [6, 6.07) is 0. The monoisotopic (exact) mass is 322 g/mol. The van der Waals surface area contributed by atoms with Crippen molar-refractivity contribution in [2.75, 3.05) is 0 Å². The van der Waals surface area contributed by atoms with E-state index in [2.05, 4.69) is 25.4 Å². The average Bonchev–Trinajstić information content (AvgIpc) is 2.80. The standard InChI is InChI=1S/C15H18N2O2S2/c1-4-6-17-13(18)11-9-7-15(3,5-2)19-8-10(9)21-12(11)16-14(17)20/h4H,1,5-8H2,2-3H3,(H,16,20)/t15-/m1/s1. The van der Waals surface area contributed by atoms with Gasteiger partial charge in [0, 0.05) is 17.8 Å². The molecule has 0 fully saturated rings. The maximum Gasteiger partial charge on any atom is 0.263 e. The quantitative estimate of drug-likeness (QED) is 0.694. The summed E-state index contributed by atoms with van der Waals surface area (Å²) in [5, 5.41) is 0.772. The summed E-state index contributed by atoms with van der Waals surface area (Å²) < 4.78 is 7.98. The third-order valence-corrected chi connectivity index (χ3v) is 5.62. The highest BCUT2D eigenvalue weighted by atomic mass is 32.1. The summed E-state index contributed by atoms with van der Waals surface area (Å²) in [5.74, 6) is 0. The number of H-pyrrole nitrogens is 1. The van der Waals surface area contributed by atoms with Crippen LogP contribution in [-0.2, 0) is 24.3 Å². The van der Waals surface area contributed by atoms with E-state index in [1.165, 1.54) is 0 Å². The maximum absolute atomic E-state index is 12.8. The van der Waals surface area contributed by atoms with Crippen LogP contribution in [0.25, 0.3) is 10.2 Å². The Balaban J connectivity index is 2.29. The zero-order valence-electron chi connectivity index (χ0n) is 12.2. The SMILES string of the molecule is C=CCn1c(=S)[nH]c2sc3c(c2c1=O)C[C@@](C)(CC)OC3. The van der Waals surface area contributed by atoms with Crippen molar-refractivity contribution < 1.29 is 4.74 Å². The van der Waals surface area contributed by atoms with Crippen LogP contribution < -0.4 is 5.56 Å². The van der Waals surface area contributed by atoms with Gasteiger partial charge in [-0.1, -0.05) is 13.0 Å². The van der Waals surface area contributed by atoms with E-state index in [-0.39, 0.29) is 11.2 Å². The van der Waals surface area contributed by atoms with E-state index in [0.29, 0.717) is 17.9 Å². The third-order valence-electron chi connectivity index (χ3n) is 4.18. The van der Waals surface area contributed by atoms with Crippen LogP contribution in [0.15, 0.2) is 17.4 Å². The van der Waals surface area contributed by atoms with Crippen molar-refractivity contribution in [3.05, 3.63) is 38.2 Å². The molecule has 0 saturated carbocycles. The zero-order valence-corrected chi connectivity index (χ0v) is 13.8. The van der Waals surface area contributed by atoms with E-state index >= 15 is 0 Å². The largest absolute Gasteiger partial charge is 0.369 e. The number of fused-ring (bicyclic) bond motifs is 3. The second kappa shape index (κ2) is 5.19. The first kappa shape index (κ1) is 14.7. The smallest absolute Gasteiger partial charge is 0.263 e. The van der Waals surface area contributed by atoms with Crippen molar-refractivity contribution in [2.24, 2.45) is 0 Å². The van der Waals surface area contributed by atoms with Gasteiger partial charge in [-0.2, -0.15) is 0 Å². The molecule has 2 aromatic heterocycles. The van der Waals surface area contributed by atoms with Crippen LogP contribution >= 0.6 is 23.6 Å². The van der Waals surface area contributed by atoms with Crippen LogP contribution in [0, 0.1) is 4.77 Å². The lowest BCUT2D eigenvalue weighted by atomic mass is 9.90. The van der Waals surface area contributed by atoms with Crippen molar-refractivity contribution in [1.29, 1.82) is 0 Å². The molecule has 0 bridgehead atoms. The Morgan fingerprint density at radius 3 is 3.05 bits per heavy atom. The van der Waals surface area contributed by atoms with Crippen LogP contribution in [0.2, 0.25) is 0 Å². The molecule has 0 saturated heterocycles. The van der Waals surface area contributed by atoms with Crippen molar-refractivity contribution in [1.82, 2.24) is 9.55 Å². The first-order valence-corrected chi connectivity index (χ1v) is 8.24. The van der Waals surface area contributed by atoms with Gasteiger partial charge in [0.05, 0.1) is 17.6 Å². The average molecular weight is 322 g/mol. The second-order valence-corrected chi connectivity index (χ2v) is 7.10. The molecule has 0 aromatic carbocycles. The van der Waals surface area contributed by atoms with E-state index in [0.717, 1.165) is 33.5 Å². The minimum atomic E-state index is -0.191. The molecule has 1 atom stereocenters. The molecule has 1 aliphatic rings. The fourth-order valence-electron chi connectivity index (χ4n) is 2.71. The van der Waals surface area contributed by atoms with Gasteiger partial charge in [0.2, 0.25) is 0 Å². The number of thiophene rings is 1. The van der Waals surface area contributed by atoms with Crippen molar-refractivity contribution in [3.63, 3.8) is 0 Å². The Hall–Kier alpha value is -1.24. The van der Waals surface area contributed by atoms with E-state index in [4.69, 9.17) is 17.0 Å². The molecule has 3 rings (SSSR count). The van der Waals surface area contributed by atoms with Crippen molar-refractivity contribution in [3.8, 4) is 0 Å². The molecule has 0 radical (unpaired) electrons. The number of nitrogens with one attached hydrogen (secondary N) is 1. The van der Waals surface area contributed by atoms with Crippen molar-refractivity contribution in [2.45, 2.75) is 45.4 Å². The molecule has 21 heavy (non-hydrogen) atoms. The molecule has 112 valence electrons. The molecule has 1 aliphatic heterocycles. The Bertz CT molecular complexity index is 831. The lowest BCUT2D eigenvalue weighted by Gasteiger charge is -2.32. The number of aromatic amines is 1. The van der Waals surface area contributed by atoms with E-state index in [1.54, 1.807) is 22.0 Å². The fourth-order valence-corrected chi connectivity index (χ4v) is 4.15. The molecule has 0 amide bonds. The van der Waals surface area contributed by atoms with Crippen LogP contribution in [0.4, 0.5) is 0 Å². The van der Waals surface area contributed by atoms with Gasteiger partial charge in [-0.05, 0) is 31.1 Å². The van der Waals surface area contributed by atoms with Gasteiger partial charge < -0.3 is 9.72 Å². The van der Waals surface area contributed by atoms with Crippen LogP contribution in [0.1, 0.15) is 30.7 Å². The number of hydrogen-bond donors (Lipinski definition) is 1. The summed E-state index contributed by atoms with van der Waals surface area (Å²) in [4.78, 5) is 17.9. The predicted octanol–water partition coefficient (Wildman–Crippen LogP) is 3.55. The number of ether oxygens (including phenoxy) is 1. The molecule has 3 heterocycles. The lowest BCUT2D eigenvalue weighted by molar-refractivity contribution is -0.0543. The Kier molecular flexibility index (Phi) is 3.63. The summed E-state index contributed by atoms with van der Waals surface area (Å²) in [6.45, 7) is 8.91. The van der Waals surface area contributed by atoms with E-state index < -0.39 is 0 Å². The van der Waals surface area contributed by atoms with Gasteiger partial charge in [0.15, 0.2) is 4.77 Å². The number of hydrogen-bond acceptors (Lipinski definition) is 4. The molecule has 0 unspecified atom stereocenters. The Morgan fingerprint density at radius 2 is 2.38 bits per heavy atom. The van der Waals surface area contributed by atoms with Gasteiger partial charge in [-0.15, -0.1) is 17.9 Å². The number of allylic oxidation sites excluding steroid dienone is 1. The summed E-state index contributed by atoms with van der Waals surface area (Å²) in [5.41, 5.74) is 0.912. The molecule has 0 aliphatic carbocycles. The number of nitrogens with zero attached hydrogens (tertiary/aromatic N) is 1. The molecule has 2 aromatic rings. The molecule has 4 nitrogen and oxygen atoms in total. The summed E-state index contributed by atoms with van der Waals surface area (Å²) >= 11 is 6.86. The number of rotatable bonds is 3. The van der Waals surface area contributed by atoms with Crippen LogP contribution in [0.3, 0.4) is 0 Å². The molecule has 1 N–H and O–H groups in total. The highest BCUT2D eigenvalue weighted by Gasteiger charge is 2.32. The van der Waals surface area contributed by atoms with Gasteiger partial charge in [0.25, 0.3) is 5.56 Å². The molecule has 6 heteroatoms. The summed E-state index contributed by atoms with van der Waals surface area (Å²) in [6.07, 6.45) is 3.38. The predicted molar refractivity (Wildman–Crippen MR) is 88.7 cm³/mol.